The van der Waals surface area contributed by atoms with Gasteiger partial charge in [0.2, 0.25) is 21.8 Å². The van der Waals surface area contributed by atoms with Crippen LogP contribution >= 0.6 is 0 Å². The molecule has 0 aliphatic heterocycles. The van der Waals surface area contributed by atoms with Crippen LogP contribution in [0.5, 0.6) is 0 Å². The molecule has 1 unspecified atom stereocenters. The average molecular weight is 482 g/mol. The number of nitrogens with one attached hydrogen (secondary N) is 1. The molecule has 180 valence electrons. The fourth-order valence-electron chi connectivity index (χ4n) is 3.15. The van der Waals surface area contributed by atoms with Crippen LogP contribution in [0.25, 0.3) is 0 Å². The molecule has 10 heteroatoms. The highest BCUT2D eigenvalue weighted by molar-refractivity contribution is 7.92. The van der Waals surface area contributed by atoms with Crippen LogP contribution in [0.2, 0.25) is 0 Å². The maximum atomic E-state index is 13.7. The quantitative estimate of drug-likeness (QED) is 0.500. The van der Waals surface area contributed by atoms with Crippen LogP contribution in [0.3, 0.4) is 0 Å². The monoisotopic (exact) mass is 481 g/mol. The molecule has 0 heterocycles. The van der Waals surface area contributed by atoms with E-state index in [0.29, 0.717) is 12.1 Å². The first kappa shape index (κ1) is 26.2. The molecule has 2 aromatic rings. The Morgan fingerprint density at radius 1 is 1.06 bits per heavy atom. The Kier molecular flexibility index (Phi) is 9.33. The van der Waals surface area contributed by atoms with Crippen LogP contribution in [0.1, 0.15) is 32.3 Å². The fraction of sp³-hybridized carbons (Fsp3) is 0.391. The van der Waals surface area contributed by atoms with E-state index in [1.807, 2.05) is 6.92 Å². The molecule has 0 saturated heterocycles. The van der Waals surface area contributed by atoms with Crippen molar-refractivity contribution in [3.63, 3.8) is 0 Å². The number of sulfonamides is 1. The van der Waals surface area contributed by atoms with Crippen molar-refractivity contribution in [3.8, 4) is 0 Å². The van der Waals surface area contributed by atoms with Crippen molar-refractivity contribution in [1.29, 1.82) is 0 Å². The second-order valence-electron chi connectivity index (χ2n) is 7.72. The van der Waals surface area contributed by atoms with Gasteiger partial charge in [-0.1, -0.05) is 31.5 Å². The van der Waals surface area contributed by atoms with E-state index in [-0.39, 0.29) is 12.2 Å². The lowest BCUT2D eigenvalue weighted by Gasteiger charge is -2.31. The van der Waals surface area contributed by atoms with E-state index in [0.717, 1.165) is 35.5 Å². The van der Waals surface area contributed by atoms with Gasteiger partial charge in [0, 0.05) is 13.1 Å². The van der Waals surface area contributed by atoms with Crippen molar-refractivity contribution in [2.24, 2.45) is 0 Å². The molecule has 1 N–H and O–H groups in total. The Balaban J connectivity index is 2.33. The van der Waals surface area contributed by atoms with Crippen LogP contribution in [-0.2, 0) is 26.2 Å². The highest BCUT2D eigenvalue weighted by Crippen LogP contribution is 2.20. The predicted octanol–water partition coefficient (Wildman–Crippen LogP) is 3.06. The number of unbranched alkanes of at least 4 members (excludes halogenated alkanes) is 1. The van der Waals surface area contributed by atoms with Crippen molar-refractivity contribution >= 4 is 27.5 Å². The second-order valence-corrected chi connectivity index (χ2v) is 9.62. The summed E-state index contributed by atoms with van der Waals surface area (Å²) < 4.78 is 52.6. The number of carbonyl (C=O) groups excluding carboxylic acids is 2. The number of amides is 2. The van der Waals surface area contributed by atoms with Gasteiger partial charge in [-0.2, -0.15) is 0 Å². The lowest BCUT2D eigenvalue weighted by molar-refractivity contribution is -0.139. The van der Waals surface area contributed by atoms with Gasteiger partial charge in [-0.05, 0) is 49.2 Å². The summed E-state index contributed by atoms with van der Waals surface area (Å²) in [7, 11) is -3.94. The number of benzene rings is 2. The molecule has 0 bridgehead atoms. The maximum absolute atomic E-state index is 13.7. The lowest BCUT2D eigenvalue weighted by Crippen LogP contribution is -2.51. The van der Waals surface area contributed by atoms with Crippen LogP contribution in [0, 0.1) is 11.6 Å². The Bertz CT molecular complexity index is 1060. The normalized spacial score (nSPS) is 12.2. The number of nitrogens with zero attached hydrogens (tertiary/aromatic N) is 2. The standard InChI is InChI=1S/C23H29F2N3O4S/c1-4-5-13-26-23(30)17(2)27(15-18-9-11-19(24)12-10-18)22(29)16-28(33(3,31)32)21-8-6-7-20(25)14-21/h6-12,14,17H,4-5,13,15-16H2,1-3H3,(H,26,30). The van der Waals surface area contributed by atoms with Gasteiger partial charge in [-0.25, -0.2) is 17.2 Å². The number of hydrogen-bond donors (Lipinski definition) is 1. The minimum atomic E-state index is -3.94. The Labute approximate surface area is 193 Å². The van der Waals surface area contributed by atoms with Gasteiger partial charge in [0.1, 0.15) is 24.2 Å². The molecule has 2 amide bonds. The number of halogens is 2. The summed E-state index contributed by atoms with van der Waals surface area (Å²) in [4.78, 5) is 27.2. The molecule has 0 aliphatic rings. The van der Waals surface area contributed by atoms with E-state index < -0.39 is 46.1 Å². The van der Waals surface area contributed by atoms with Crippen LogP contribution in [-0.4, -0.2) is 50.5 Å². The number of anilines is 1. The molecular formula is C23H29F2N3O4S. The SMILES string of the molecule is CCCCNC(=O)C(C)N(Cc1ccc(F)cc1)C(=O)CN(c1cccc(F)c1)S(C)(=O)=O. The van der Waals surface area contributed by atoms with Gasteiger partial charge in [-0.3, -0.25) is 13.9 Å². The van der Waals surface area contributed by atoms with E-state index in [1.54, 1.807) is 0 Å². The average Bonchev–Trinajstić information content (AvgIpc) is 2.75. The van der Waals surface area contributed by atoms with Gasteiger partial charge >= 0.3 is 0 Å². The zero-order valence-corrected chi connectivity index (χ0v) is 19.7. The third-order valence-electron chi connectivity index (χ3n) is 5.04. The van der Waals surface area contributed by atoms with Gasteiger partial charge in [0.25, 0.3) is 0 Å². The smallest absolute Gasteiger partial charge is 0.244 e. The summed E-state index contributed by atoms with van der Waals surface area (Å²) in [5.74, 6) is -2.15. The zero-order chi connectivity index (χ0) is 24.6. The van der Waals surface area contributed by atoms with E-state index in [9.17, 15) is 26.8 Å². The minimum absolute atomic E-state index is 0.00682. The molecule has 1 atom stereocenters. The summed E-state index contributed by atoms with van der Waals surface area (Å²) in [5.41, 5.74) is 0.558. The molecule has 33 heavy (non-hydrogen) atoms. The summed E-state index contributed by atoms with van der Waals surface area (Å²) >= 11 is 0. The van der Waals surface area contributed by atoms with Crippen molar-refractivity contribution in [1.82, 2.24) is 10.2 Å². The van der Waals surface area contributed by atoms with Gasteiger partial charge in [0.15, 0.2) is 0 Å². The van der Waals surface area contributed by atoms with Gasteiger partial charge in [0.05, 0.1) is 11.9 Å². The van der Waals surface area contributed by atoms with E-state index in [4.69, 9.17) is 0 Å². The molecule has 7 nitrogen and oxygen atoms in total. The molecular weight excluding hydrogens is 452 g/mol. The molecule has 2 aromatic carbocycles. The van der Waals surface area contributed by atoms with E-state index in [2.05, 4.69) is 5.32 Å². The Morgan fingerprint density at radius 3 is 2.30 bits per heavy atom. The summed E-state index contributed by atoms with van der Waals surface area (Å²) in [6.07, 6.45) is 2.56. The topological polar surface area (TPSA) is 86.8 Å². The molecule has 0 fully saturated rings. The molecule has 0 aliphatic carbocycles. The number of carbonyl (C=O) groups is 2. The molecule has 0 spiro atoms. The lowest BCUT2D eigenvalue weighted by atomic mass is 10.1. The van der Waals surface area contributed by atoms with Gasteiger partial charge < -0.3 is 10.2 Å². The first-order valence-electron chi connectivity index (χ1n) is 10.6. The van der Waals surface area contributed by atoms with Gasteiger partial charge in [-0.15, -0.1) is 0 Å². The van der Waals surface area contributed by atoms with E-state index >= 15 is 0 Å². The predicted molar refractivity (Wildman–Crippen MR) is 123 cm³/mol. The minimum Gasteiger partial charge on any atom is -0.354 e. The highest BCUT2D eigenvalue weighted by Gasteiger charge is 2.30. The first-order valence-corrected chi connectivity index (χ1v) is 12.4. The summed E-state index contributed by atoms with van der Waals surface area (Å²) in [6.45, 7) is 3.29. The third kappa shape index (κ3) is 7.81. The number of hydrogen-bond acceptors (Lipinski definition) is 4. The van der Waals surface area contributed by atoms with Crippen LogP contribution < -0.4 is 9.62 Å². The van der Waals surface area contributed by atoms with Crippen LogP contribution in [0.15, 0.2) is 48.5 Å². The largest absolute Gasteiger partial charge is 0.354 e. The second kappa shape index (κ2) is 11.7. The maximum Gasteiger partial charge on any atom is 0.244 e. The van der Waals surface area contributed by atoms with Crippen molar-refractivity contribution in [3.05, 3.63) is 65.7 Å². The first-order chi connectivity index (χ1) is 15.5. The highest BCUT2D eigenvalue weighted by atomic mass is 32.2. The molecule has 0 radical (unpaired) electrons. The molecule has 0 saturated carbocycles. The van der Waals surface area contributed by atoms with Crippen molar-refractivity contribution in [2.45, 2.75) is 39.3 Å². The summed E-state index contributed by atoms with van der Waals surface area (Å²) in [5, 5.41) is 2.76. The Hall–Kier alpha value is -3.01. The van der Waals surface area contributed by atoms with Crippen LogP contribution in [0.4, 0.5) is 14.5 Å². The number of rotatable bonds is 11. The van der Waals surface area contributed by atoms with Crippen molar-refractivity contribution in [2.75, 3.05) is 23.7 Å². The molecule has 2 rings (SSSR count). The summed E-state index contributed by atoms with van der Waals surface area (Å²) in [6, 6.07) is 9.41. The van der Waals surface area contributed by atoms with E-state index in [1.165, 1.54) is 48.2 Å². The zero-order valence-electron chi connectivity index (χ0n) is 18.9. The Morgan fingerprint density at radius 2 is 1.73 bits per heavy atom. The third-order valence-corrected chi connectivity index (χ3v) is 6.18. The fourth-order valence-corrected chi connectivity index (χ4v) is 3.99. The molecule has 0 aromatic heterocycles. The van der Waals surface area contributed by atoms with Crippen molar-refractivity contribution < 1.29 is 26.8 Å².